The van der Waals surface area contributed by atoms with Crippen LogP contribution in [0.4, 0.5) is 5.82 Å². The molecule has 1 heterocycles. The summed E-state index contributed by atoms with van der Waals surface area (Å²) in [5, 5.41) is 3.83. The van der Waals surface area contributed by atoms with Gasteiger partial charge >= 0.3 is 0 Å². The van der Waals surface area contributed by atoms with Gasteiger partial charge in [-0.25, -0.2) is 9.97 Å². The van der Waals surface area contributed by atoms with Gasteiger partial charge in [-0.15, -0.1) is 0 Å². The van der Waals surface area contributed by atoms with Crippen LogP contribution in [0.1, 0.15) is 45.5 Å². The molecule has 108 valence electrons. The van der Waals surface area contributed by atoms with Gasteiger partial charge in [-0.2, -0.15) is 0 Å². The highest BCUT2D eigenvalue weighted by atomic mass is 35.5. The number of aromatic nitrogens is 2. The van der Waals surface area contributed by atoms with Crippen molar-refractivity contribution in [2.45, 2.75) is 46.5 Å². The molecule has 0 atom stereocenters. The third kappa shape index (κ3) is 4.96. The summed E-state index contributed by atoms with van der Waals surface area (Å²) in [5.41, 5.74) is 0.783. The van der Waals surface area contributed by atoms with Crippen molar-refractivity contribution in [2.75, 3.05) is 25.1 Å². The highest BCUT2D eigenvalue weighted by Crippen LogP contribution is 2.25. The van der Waals surface area contributed by atoms with Gasteiger partial charge in [0, 0.05) is 30.7 Å². The minimum absolute atomic E-state index is 0.112. The molecule has 0 aliphatic rings. The molecule has 0 fully saturated rings. The lowest BCUT2D eigenvalue weighted by Crippen LogP contribution is -2.18. The molecule has 0 saturated carbocycles. The average molecular weight is 286 g/mol. The zero-order valence-corrected chi connectivity index (χ0v) is 13.3. The number of hydrogen-bond acceptors (Lipinski definition) is 4. The van der Waals surface area contributed by atoms with Crippen molar-refractivity contribution >= 4 is 17.4 Å². The molecule has 0 spiro atoms. The van der Waals surface area contributed by atoms with E-state index < -0.39 is 0 Å². The standard InChI is InChI=1S/C14H24ClN3O/c1-6-19-9-7-8-16-12-10(2)11(15)17-13(18-12)14(3,4)5/h6-9H2,1-5H3,(H,16,17,18). The Bertz CT molecular complexity index is 416. The van der Waals surface area contributed by atoms with Gasteiger partial charge in [-0.3, -0.25) is 0 Å². The largest absolute Gasteiger partial charge is 0.382 e. The molecule has 0 radical (unpaired) electrons. The van der Waals surface area contributed by atoms with Crippen LogP contribution in [0.5, 0.6) is 0 Å². The zero-order valence-electron chi connectivity index (χ0n) is 12.5. The second kappa shape index (κ2) is 7.06. The zero-order chi connectivity index (χ0) is 14.5. The Morgan fingerprint density at radius 1 is 1.26 bits per heavy atom. The minimum Gasteiger partial charge on any atom is -0.382 e. The Balaban J connectivity index is 2.74. The van der Waals surface area contributed by atoms with Gasteiger partial charge in [0.15, 0.2) is 0 Å². The topological polar surface area (TPSA) is 47.0 Å². The number of ether oxygens (including phenoxy) is 1. The van der Waals surface area contributed by atoms with Crippen molar-refractivity contribution in [3.63, 3.8) is 0 Å². The summed E-state index contributed by atoms with van der Waals surface area (Å²) >= 11 is 6.17. The molecule has 1 aromatic heterocycles. The van der Waals surface area contributed by atoms with Crippen LogP contribution in [0.3, 0.4) is 0 Å². The highest BCUT2D eigenvalue weighted by Gasteiger charge is 2.20. The molecule has 1 aromatic rings. The van der Waals surface area contributed by atoms with Crippen LogP contribution in [0.25, 0.3) is 0 Å². The van der Waals surface area contributed by atoms with Crippen LogP contribution in [-0.2, 0) is 10.2 Å². The van der Waals surface area contributed by atoms with E-state index in [0.29, 0.717) is 5.15 Å². The van der Waals surface area contributed by atoms with E-state index in [2.05, 4.69) is 36.1 Å². The van der Waals surface area contributed by atoms with Crippen molar-refractivity contribution < 1.29 is 4.74 Å². The van der Waals surface area contributed by atoms with Gasteiger partial charge in [-0.1, -0.05) is 32.4 Å². The summed E-state index contributed by atoms with van der Waals surface area (Å²) in [6.45, 7) is 12.5. The highest BCUT2D eigenvalue weighted by molar-refractivity contribution is 6.30. The van der Waals surface area contributed by atoms with E-state index in [0.717, 1.165) is 43.4 Å². The molecule has 1 N–H and O–H groups in total. The van der Waals surface area contributed by atoms with E-state index in [4.69, 9.17) is 16.3 Å². The number of halogens is 1. The summed E-state index contributed by atoms with van der Waals surface area (Å²) in [5.74, 6) is 1.58. The van der Waals surface area contributed by atoms with Crippen molar-refractivity contribution in [2.24, 2.45) is 0 Å². The summed E-state index contributed by atoms with van der Waals surface area (Å²) in [4.78, 5) is 8.93. The Morgan fingerprint density at radius 3 is 2.53 bits per heavy atom. The quantitative estimate of drug-likeness (QED) is 0.641. The second-order valence-corrected chi connectivity index (χ2v) is 5.90. The van der Waals surface area contributed by atoms with E-state index in [1.165, 1.54) is 0 Å². The number of nitrogens with one attached hydrogen (secondary N) is 1. The maximum absolute atomic E-state index is 6.17. The van der Waals surface area contributed by atoms with Crippen molar-refractivity contribution in [3.8, 4) is 0 Å². The predicted molar refractivity (Wildman–Crippen MR) is 80.1 cm³/mol. The first-order valence-corrected chi connectivity index (χ1v) is 7.10. The Hall–Kier alpha value is -0.870. The molecule has 0 aliphatic carbocycles. The normalized spacial score (nSPS) is 11.7. The summed E-state index contributed by atoms with van der Waals surface area (Å²) < 4.78 is 5.30. The number of anilines is 1. The van der Waals surface area contributed by atoms with Gasteiger partial charge in [0.2, 0.25) is 0 Å². The lowest BCUT2D eigenvalue weighted by atomic mass is 9.95. The van der Waals surface area contributed by atoms with E-state index in [1.807, 2.05) is 13.8 Å². The molecule has 0 aromatic carbocycles. The van der Waals surface area contributed by atoms with Gasteiger partial charge in [-0.05, 0) is 20.3 Å². The maximum Gasteiger partial charge on any atom is 0.137 e. The molecule has 0 saturated heterocycles. The minimum atomic E-state index is -0.112. The van der Waals surface area contributed by atoms with Crippen LogP contribution in [-0.4, -0.2) is 29.7 Å². The second-order valence-electron chi connectivity index (χ2n) is 5.54. The first-order valence-electron chi connectivity index (χ1n) is 6.72. The van der Waals surface area contributed by atoms with Crippen LogP contribution in [0, 0.1) is 6.92 Å². The third-order valence-corrected chi connectivity index (χ3v) is 3.09. The predicted octanol–water partition coefficient (Wildman–Crippen LogP) is 3.57. The van der Waals surface area contributed by atoms with Crippen LogP contribution < -0.4 is 5.32 Å². The third-order valence-electron chi connectivity index (χ3n) is 2.72. The average Bonchev–Trinajstić information content (AvgIpc) is 2.32. The Labute approximate surface area is 120 Å². The molecule has 0 amide bonds. The van der Waals surface area contributed by atoms with Crippen molar-refractivity contribution in [3.05, 3.63) is 16.5 Å². The lowest BCUT2D eigenvalue weighted by Gasteiger charge is -2.19. The fourth-order valence-electron chi connectivity index (χ4n) is 1.52. The van der Waals surface area contributed by atoms with Gasteiger partial charge in [0.1, 0.15) is 16.8 Å². The Kier molecular flexibility index (Phi) is 6.01. The van der Waals surface area contributed by atoms with Crippen molar-refractivity contribution in [1.82, 2.24) is 9.97 Å². The molecular weight excluding hydrogens is 262 g/mol. The molecule has 19 heavy (non-hydrogen) atoms. The van der Waals surface area contributed by atoms with Crippen LogP contribution in [0.15, 0.2) is 0 Å². The fraction of sp³-hybridized carbons (Fsp3) is 0.714. The summed E-state index contributed by atoms with van der Waals surface area (Å²) in [7, 11) is 0. The van der Waals surface area contributed by atoms with Crippen LogP contribution in [0.2, 0.25) is 5.15 Å². The van der Waals surface area contributed by atoms with E-state index in [1.54, 1.807) is 0 Å². The molecular formula is C14H24ClN3O. The molecule has 4 nitrogen and oxygen atoms in total. The first kappa shape index (κ1) is 16.2. The van der Waals surface area contributed by atoms with Crippen molar-refractivity contribution in [1.29, 1.82) is 0 Å². The molecule has 5 heteroatoms. The van der Waals surface area contributed by atoms with E-state index in [9.17, 15) is 0 Å². The maximum atomic E-state index is 6.17. The number of hydrogen-bond donors (Lipinski definition) is 1. The number of rotatable bonds is 6. The molecule has 0 bridgehead atoms. The van der Waals surface area contributed by atoms with Gasteiger partial charge in [0.25, 0.3) is 0 Å². The van der Waals surface area contributed by atoms with Gasteiger partial charge < -0.3 is 10.1 Å². The smallest absolute Gasteiger partial charge is 0.137 e. The summed E-state index contributed by atoms with van der Waals surface area (Å²) in [6, 6.07) is 0. The molecule has 0 unspecified atom stereocenters. The SMILES string of the molecule is CCOCCCNc1nc(C(C)(C)C)nc(Cl)c1C. The number of nitrogens with zero attached hydrogens (tertiary/aromatic N) is 2. The van der Waals surface area contributed by atoms with E-state index in [-0.39, 0.29) is 5.41 Å². The monoisotopic (exact) mass is 285 g/mol. The van der Waals surface area contributed by atoms with E-state index >= 15 is 0 Å². The Morgan fingerprint density at radius 2 is 1.95 bits per heavy atom. The fourth-order valence-corrected chi connectivity index (χ4v) is 1.69. The molecule has 1 rings (SSSR count). The van der Waals surface area contributed by atoms with Crippen LogP contribution >= 0.6 is 11.6 Å². The first-order chi connectivity index (χ1) is 8.86. The lowest BCUT2D eigenvalue weighted by molar-refractivity contribution is 0.147. The molecule has 0 aliphatic heterocycles. The summed E-state index contributed by atoms with van der Waals surface area (Å²) in [6.07, 6.45) is 0.944. The van der Waals surface area contributed by atoms with Gasteiger partial charge in [0.05, 0.1) is 0 Å².